The summed E-state index contributed by atoms with van der Waals surface area (Å²) in [6.07, 6.45) is 3.39. The van der Waals surface area contributed by atoms with Crippen molar-refractivity contribution in [2.75, 3.05) is 11.9 Å². The highest BCUT2D eigenvalue weighted by Gasteiger charge is 2.48. The Balaban J connectivity index is 1.67. The van der Waals surface area contributed by atoms with Crippen LogP contribution in [0.4, 0.5) is 5.69 Å². The van der Waals surface area contributed by atoms with Crippen LogP contribution in [-0.4, -0.2) is 29.2 Å². The number of anilines is 1. The first-order valence-electron chi connectivity index (χ1n) is 7.57. The zero-order valence-electron chi connectivity index (χ0n) is 12.4. The van der Waals surface area contributed by atoms with E-state index in [1.54, 1.807) is 18.2 Å². The van der Waals surface area contributed by atoms with Gasteiger partial charge in [0, 0.05) is 15.7 Å². The summed E-state index contributed by atoms with van der Waals surface area (Å²) < 4.78 is 0. The molecule has 3 amide bonds. The Hall–Kier alpha value is -1.59. The highest BCUT2D eigenvalue weighted by atomic mass is 35.5. The van der Waals surface area contributed by atoms with Gasteiger partial charge in [-0.2, -0.15) is 0 Å². The Morgan fingerprint density at radius 2 is 1.57 bits per heavy atom. The van der Waals surface area contributed by atoms with E-state index in [0.717, 1.165) is 30.6 Å². The molecule has 23 heavy (non-hydrogen) atoms. The molecule has 0 aromatic heterocycles. The van der Waals surface area contributed by atoms with Crippen LogP contribution < -0.4 is 5.32 Å². The fourth-order valence-electron chi connectivity index (χ4n) is 3.36. The molecule has 7 heteroatoms. The normalized spacial score (nSPS) is 23.8. The molecule has 122 valence electrons. The van der Waals surface area contributed by atoms with E-state index in [1.807, 2.05) is 0 Å². The van der Waals surface area contributed by atoms with E-state index in [9.17, 15) is 14.4 Å². The number of hydrogen-bond donors (Lipinski definition) is 1. The predicted octanol–water partition coefficient (Wildman–Crippen LogP) is 3.11. The molecule has 3 rings (SSSR count). The molecule has 1 aliphatic carbocycles. The molecular formula is C16H16Cl2N2O3. The third-order valence-electron chi connectivity index (χ3n) is 4.38. The lowest BCUT2D eigenvalue weighted by molar-refractivity contribution is -0.142. The van der Waals surface area contributed by atoms with Gasteiger partial charge in [-0.25, -0.2) is 0 Å². The van der Waals surface area contributed by atoms with Gasteiger partial charge in [0.2, 0.25) is 17.7 Å². The molecule has 1 saturated heterocycles. The number of benzene rings is 1. The zero-order valence-corrected chi connectivity index (χ0v) is 13.9. The van der Waals surface area contributed by atoms with Crippen molar-refractivity contribution in [3.05, 3.63) is 28.2 Å². The largest absolute Gasteiger partial charge is 0.324 e. The summed E-state index contributed by atoms with van der Waals surface area (Å²) in [6, 6.07) is 4.66. The molecule has 2 aliphatic rings. The average Bonchev–Trinajstić information content (AvgIpc) is 2.72. The fraction of sp³-hybridized carbons (Fsp3) is 0.438. The van der Waals surface area contributed by atoms with E-state index >= 15 is 0 Å². The number of fused-ring (bicyclic) bond motifs is 1. The highest BCUT2D eigenvalue weighted by Crippen LogP contribution is 2.37. The molecule has 2 atom stereocenters. The van der Waals surface area contributed by atoms with Crippen molar-refractivity contribution in [3.63, 3.8) is 0 Å². The number of hydrogen-bond acceptors (Lipinski definition) is 3. The Labute approximate surface area is 143 Å². The zero-order chi connectivity index (χ0) is 16.6. The van der Waals surface area contributed by atoms with Crippen LogP contribution in [0.25, 0.3) is 0 Å². The SMILES string of the molecule is O=C(CN1C(=O)C2CCCCC2C1=O)Nc1cc(Cl)cc(Cl)c1. The smallest absolute Gasteiger partial charge is 0.244 e. The summed E-state index contributed by atoms with van der Waals surface area (Å²) in [7, 11) is 0. The molecule has 0 radical (unpaired) electrons. The van der Waals surface area contributed by atoms with Gasteiger partial charge in [0.25, 0.3) is 0 Å². The van der Waals surface area contributed by atoms with Crippen LogP contribution in [0.2, 0.25) is 10.0 Å². The second-order valence-corrected chi connectivity index (χ2v) is 6.84. The standard InChI is InChI=1S/C16H16Cl2N2O3/c17-9-5-10(18)7-11(6-9)19-14(21)8-20-15(22)12-3-1-2-4-13(12)16(20)23/h5-7,12-13H,1-4,8H2,(H,19,21). The number of amides is 3. The molecule has 2 fully saturated rings. The van der Waals surface area contributed by atoms with Crippen LogP contribution in [0.1, 0.15) is 25.7 Å². The Morgan fingerprint density at radius 3 is 2.09 bits per heavy atom. The van der Waals surface area contributed by atoms with Gasteiger partial charge in [-0.05, 0) is 31.0 Å². The second-order valence-electron chi connectivity index (χ2n) is 5.97. The maximum Gasteiger partial charge on any atom is 0.244 e. The van der Waals surface area contributed by atoms with Crippen molar-refractivity contribution in [2.45, 2.75) is 25.7 Å². The summed E-state index contributed by atoms with van der Waals surface area (Å²) in [5, 5.41) is 3.41. The van der Waals surface area contributed by atoms with Crippen LogP contribution in [0.15, 0.2) is 18.2 Å². The van der Waals surface area contributed by atoms with Gasteiger partial charge in [0.1, 0.15) is 6.54 Å². The first-order chi connectivity index (χ1) is 11.0. The van der Waals surface area contributed by atoms with E-state index in [0.29, 0.717) is 15.7 Å². The van der Waals surface area contributed by atoms with Gasteiger partial charge < -0.3 is 5.32 Å². The first-order valence-corrected chi connectivity index (χ1v) is 8.32. The van der Waals surface area contributed by atoms with Crippen LogP contribution in [0, 0.1) is 11.8 Å². The maximum atomic E-state index is 12.3. The average molecular weight is 355 g/mol. The van der Waals surface area contributed by atoms with Crippen molar-refractivity contribution in [1.82, 2.24) is 4.90 Å². The summed E-state index contributed by atoms with van der Waals surface area (Å²) >= 11 is 11.8. The maximum absolute atomic E-state index is 12.3. The molecule has 5 nitrogen and oxygen atoms in total. The molecule has 1 aromatic rings. The van der Waals surface area contributed by atoms with E-state index in [1.165, 1.54) is 0 Å². The van der Waals surface area contributed by atoms with Crippen molar-refractivity contribution >= 4 is 46.6 Å². The van der Waals surface area contributed by atoms with E-state index < -0.39 is 5.91 Å². The summed E-state index contributed by atoms with van der Waals surface area (Å²) in [4.78, 5) is 37.9. The Bertz CT molecular complexity index is 633. The second kappa shape index (κ2) is 6.49. The number of imide groups is 1. The molecule has 2 unspecified atom stereocenters. The summed E-state index contributed by atoms with van der Waals surface area (Å²) in [5.74, 6) is -1.38. The molecule has 1 aliphatic heterocycles. The van der Waals surface area contributed by atoms with E-state index in [4.69, 9.17) is 23.2 Å². The number of rotatable bonds is 3. The molecule has 1 heterocycles. The number of carbonyl (C=O) groups is 3. The van der Waals surface area contributed by atoms with Crippen LogP contribution in [0.3, 0.4) is 0 Å². The Kier molecular flexibility index (Phi) is 4.60. The van der Waals surface area contributed by atoms with Gasteiger partial charge in [-0.15, -0.1) is 0 Å². The highest BCUT2D eigenvalue weighted by molar-refractivity contribution is 6.35. The van der Waals surface area contributed by atoms with Crippen LogP contribution >= 0.6 is 23.2 Å². The third kappa shape index (κ3) is 3.35. The van der Waals surface area contributed by atoms with Crippen molar-refractivity contribution < 1.29 is 14.4 Å². The minimum Gasteiger partial charge on any atom is -0.324 e. The number of likely N-dealkylation sites (tertiary alicyclic amines) is 1. The molecule has 1 aromatic carbocycles. The lowest BCUT2D eigenvalue weighted by atomic mass is 9.81. The number of nitrogens with zero attached hydrogens (tertiary/aromatic N) is 1. The van der Waals surface area contributed by atoms with Gasteiger partial charge in [-0.1, -0.05) is 36.0 Å². The predicted molar refractivity (Wildman–Crippen MR) is 87.3 cm³/mol. The van der Waals surface area contributed by atoms with Gasteiger partial charge in [-0.3, -0.25) is 19.3 Å². The van der Waals surface area contributed by atoms with Crippen molar-refractivity contribution in [3.8, 4) is 0 Å². The minimum atomic E-state index is -0.441. The van der Waals surface area contributed by atoms with Crippen molar-refractivity contribution in [1.29, 1.82) is 0 Å². The third-order valence-corrected chi connectivity index (χ3v) is 4.82. The topological polar surface area (TPSA) is 66.5 Å². The number of halogens is 2. The van der Waals surface area contributed by atoms with Gasteiger partial charge >= 0.3 is 0 Å². The number of carbonyl (C=O) groups excluding carboxylic acids is 3. The first kappa shape index (κ1) is 16.3. The van der Waals surface area contributed by atoms with E-state index in [-0.39, 0.29) is 30.2 Å². The molecule has 0 spiro atoms. The quantitative estimate of drug-likeness (QED) is 0.848. The van der Waals surface area contributed by atoms with Crippen LogP contribution in [0.5, 0.6) is 0 Å². The minimum absolute atomic E-state index is 0.223. The lowest BCUT2D eigenvalue weighted by Crippen LogP contribution is -2.38. The molecular weight excluding hydrogens is 339 g/mol. The molecule has 1 N–H and O–H groups in total. The van der Waals surface area contributed by atoms with Gasteiger partial charge in [0.05, 0.1) is 11.8 Å². The summed E-state index contributed by atoms with van der Waals surface area (Å²) in [5.41, 5.74) is 0.434. The van der Waals surface area contributed by atoms with E-state index in [2.05, 4.69) is 5.32 Å². The van der Waals surface area contributed by atoms with Crippen LogP contribution in [-0.2, 0) is 14.4 Å². The number of nitrogens with one attached hydrogen (secondary N) is 1. The lowest BCUT2D eigenvalue weighted by Gasteiger charge is -2.19. The molecule has 0 bridgehead atoms. The molecule has 1 saturated carbocycles. The summed E-state index contributed by atoms with van der Waals surface area (Å²) in [6.45, 7) is -0.269. The monoisotopic (exact) mass is 354 g/mol. The van der Waals surface area contributed by atoms with Gasteiger partial charge in [0.15, 0.2) is 0 Å². The fourth-order valence-corrected chi connectivity index (χ4v) is 3.88. The Morgan fingerprint density at radius 1 is 1.04 bits per heavy atom. The van der Waals surface area contributed by atoms with Crippen molar-refractivity contribution in [2.24, 2.45) is 11.8 Å².